The fraction of sp³-hybridized carbons (Fsp3) is 0.233. The molecule has 3 aromatic carbocycles. The molecular weight excluding hydrogens is 516 g/mol. The molecule has 0 fully saturated rings. The molecule has 8 nitrogen and oxygen atoms in total. The van der Waals surface area contributed by atoms with Crippen LogP contribution in [0.5, 0.6) is 5.75 Å². The number of halogens is 1. The highest BCUT2D eigenvalue weighted by Crippen LogP contribution is 2.25. The van der Waals surface area contributed by atoms with Gasteiger partial charge in [0.15, 0.2) is 0 Å². The zero-order valence-electron chi connectivity index (χ0n) is 22.1. The Morgan fingerprint density at radius 1 is 0.897 bits per heavy atom. The minimum absolute atomic E-state index is 0.138. The van der Waals surface area contributed by atoms with E-state index in [-0.39, 0.29) is 5.69 Å². The van der Waals surface area contributed by atoms with Gasteiger partial charge >= 0.3 is 11.8 Å². The second kappa shape index (κ2) is 12.5. The van der Waals surface area contributed by atoms with Crippen LogP contribution in [0.1, 0.15) is 47.8 Å². The Morgan fingerprint density at radius 3 is 2.41 bits per heavy atom. The van der Waals surface area contributed by atoms with Crippen LogP contribution in [0.4, 0.5) is 11.4 Å². The van der Waals surface area contributed by atoms with Crippen molar-refractivity contribution in [1.82, 2.24) is 4.68 Å². The number of ether oxygens (including phenoxy) is 1. The molecule has 3 amide bonds. The van der Waals surface area contributed by atoms with E-state index in [1.807, 2.05) is 26.0 Å². The van der Waals surface area contributed by atoms with E-state index < -0.39 is 17.7 Å². The third-order valence-corrected chi connectivity index (χ3v) is 6.63. The minimum Gasteiger partial charge on any atom is -0.494 e. The summed E-state index contributed by atoms with van der Waals surface area (Å²) in [5, 5.41) is 6.58. The molecule has 0 aliphatic carbocycles. The number of nitrogens with zero attached hydrogens (tertiary/aromatic N) is 1. The standard InChI is InChI=1S/C30H31ClN4O4/c1-4-5-6-16-39-24-13-11-23(12-14-24)32-29(37)30(38)34-35-26-15-10-22(31)17-21(26)18-27(35)28(36)33-25-9-7-8-19(2)20(25)3/h7-15,17-18H,4-6,16H2,1-3H3,(H,32,37)(H,33,36)(H,34,38). The first-order valence-electron chi connectivity index (χ1n) is 12.8. The summed E-state index contributed by atoms with van der Waals surface area (Å²) in [5.41, 5.74) is 6.25. The van der Waals surface area contributed by atoms with Crippen LogP contribution in [0.15, 0.2) is 66.7 Å². The van der Waals surface area contributed by atoms with Crippen LogP contribution in [-0.2, 0) is 9.59 Å². The molecule has 0 radical (unpaired) electrons. The van der Waals surface area contributed by atoms with Gasteiger partial charge in [-0.1, -0.05) is 43.5 Å². The molecule has 0 atom stereocenters. The zero-order valence-corrected chi connectivity index (χ0v) is 22.9. The predicted molar refractivity (Wildman–Crippen MR) is 155 cm³/mol. The summed E-state index contributed by atoms with van der Waals surface area (Å²) in [4.78, 5) is 38.9. The number of hydrogen-bond donors (Lipinski definition) is 3. The van der Waals surface area contributed by atoms with E-state index in [0.29, 0.717) is 39.7 Å². The molecule has 4 rings (SSSR count). The number of carbonyl (C=O) groups excluding carboxylic acids is 3. The third kappa shape index (κ3) is 6.78. The Morgan fingerprint density at radius 2 is 1.67 bits per heavy atom. The highest BCUT2D eigenvalue weighted by atomic mass is 35.5. The summed E-state index contributed by atoms with van der Waals surface area (Å²) >= 11 is 6.16. The number of amides is 3. The maximum atomic E-state index is 13.3. The molecule has 0 spiro atoms. The molecule has 0 bridgehead atoms. The van der Waals surface area contributed by atoms with Crippen molar-refractivity contribution in [3.8, 4) is 5.75 Å². The van der Waals surface area contributed by atoms with Gasteiger partial charge in [0.1, 0.15) is 11.4 Å². The van der Waals surface area contributed by atoms with Crippen LogP contribution in [-0.4, -0.2) is 29.0 Å². The lowest BCUT2D eigenvalue weighted by molar-refractivity contribution is -0.133. The van der Waals surface area contributed by atoms with Gasteiger partial charge < -0.3 is 15.4 Å². The van der Waals surface area contributed by atoms with E-state index >= 15 is 0 Å². The van der Waals surface area contributed by atoms with Gasteiger partial charge in [0.05, 0.1) is 12.1 Å². The van der Waals surface area contributed by atoms with E-state index in [2.05, 4.69) is 23.0 Å². The molecular formula is C30H31ClN4O4. The molecule has 3 N–H and O–H groups in total. The average molecular weight is 547 g/mol. The molecule has 1 aromatic heterocycles. The summed E-state index contributed by atoms with van der Waals surface area (Å²) < 4.78 is 6.98. The van der Waals surface area contributed by atoms with E-state index in [1.54, 1.807) is 54.6 Å². The number of fused-ring (bicyclic) bond motifs is 1. The molecule has 0 saturated carbocycles. The monoisotopic (exact) mass is 546 g/mol. The Balaban J connectivity index is 1.50. The molecule has 4 aromatic rings. The zero-order chi connectivity index (χ0) is 27.9. The SMILES string of the molecule is CCCCCOc1ccc(NC(=O)C(=O)Nn2c(C(=O)Nc3cccc(C)c3C)cc3cc(Cl)ccc32)cc1. The van der Waals surface area contributed by atoms with Gasteiger partial charge in [0.2, 0.25) is 0 Å². The van der Waals surface area contributed by atoms with E-state index in [4.69, 9.17) is 16.3 Å². The number of hydrogen-bond acceptors (Lipinski definition) is 4. The second-order valence-corrected chi connectivity index (χ2v) is 9.68. The van der Waals surface area contributed by atoms with Gasteiger partial charge in [-0.2, -0.15) is 0 Å². The van der Waals surface area contributed by atoms with Crippen molar-refractivity contribution in [3.63, 3.8) is 0 Å². The summed E-state index contributed by atoms with van der Waals surface area (Å²) in [6.07, 6.45) is 3.18. The number of anilines is 2. The summed E-state index contributed by atoms with van der Waals surface area (Å²) in [7, 11) is 0. The number of rotatable bonds is 9. The Labute approximate surface area is 232 Å². The molecule has 9 heteroatoms. The van der Waals surface area contributed by atoms with Crippen molar-refractivity contribution >= 4 is 51.6 Å². The third-order valence-electron chi connectivity index (χ3n) is 6.40. The molecule has 202 valence electrons. The lowest BCUT2D eigenvalue weighted by atomic mass is 10.1. The van der Waals surface area contributed by atoms with Gasteiger partial charge in [-0.05, 0) is 86.0 Å². The smallest absolute Gasteiger partial charge is 0.328 e. The van der Waals surface area contributed by atoms with Crippen molar-refractivity contribution < 1.29 is 19.1 Å². The molecule has 0 aliphatic heterocycles. The quantitative estimate of drug-likeness (QED) is 0.166. The van der Waals surface area contributed by atoms with Gasteiger partial charge in [-0.3, -0.25) is 19.8 Å². The molecule has 0 saturated heterocycles. The lowest BCUT2D eigenvalue weighted by Gasteiger charge is -2.14. The van der Waals surface area contributed by atoms with E-state index in [0.717, 1.165) is 30.4 Å². The topological polar surface area (TPSA) is 101 Å². The number of aryl methyl sites for hydroxylation is 1. The van der Waals surface area contributed by atoms with Crippen molar-refractivity contribution in [3.05, 3.63) is 88.6 Å². The van der Waals surface area contributed by atoms with Crippen LogP contribution in [0, 0.1) is 13.8 Å². The fourth-order valence-electron chi connectivity index (χ4n) is 4.06. The Kier molecular flexibility index (Phi) is 8.88. The first kappa shape index (κ1) is 27.7. The van der Waals surface area contributed by atoms with Crippen LogP contribution in [0.2, 0.25) is 5.02 Å². The van der Waals surface area contributed by atoms with Crippen molar-refractivity contribution in [2.75, 3.05) is 22.7 Å². The summed E-state index contributed by atoms with van der Waals surface area (Å²) in [6, 6.07) is 19.0. The summed E-state index contributed by atoms with van der Waals surface area (Å²) in [6.45, 7) is 6.62. The Hall–Kier alpha value is -4.30. The van der Waals surface area contributed by atoms with Crippen LogP contribution < -0.4 is 20.8 Å². The molecule has 0 aliphatic rings. The molecule has 0 unspecified atom stereocenters. The van der Waals surface area contributed by atoms with Gasteiger partial charge in [0.25, 0.3) is 5.91 Å². The van der Waals surface area contributed by atoms with Crippen molar-refractivity contribution in [2.45, 2.75) is 40.0 Å². The molecule has 39 heavy (non-hydrogen) atoms. The molecule has 1 heterocycles. The maximum absolute atomic E-state index is 13.3. The van der Waals surface area contributed by atoms with E-state index in [1.165, 1.54) is 4.68 Å². The summed E-state index contributed by atoms with van der Waals surface area (Å²) in [5.74, 6) is -1.59. The van der Waals surface area contributed by atoms with Crippen LogP contribution in [0.3, 0.4) is 0 Å². The second-order valence-electron chi connectivity index (χ2n) is 9.24. The van der Waals surface area contributed by atoms with Crippen LogP contribution >= 0.6 is 11.6 Å². The first-order chi connectivity index (χ1) is 18.8. The number of aromatic nitrogens is 1. The number of nitrogens with one attached hydrogen (secondary N) is 3. The average Bonchev–Trinajstić information content (AvgIpc) is 3.27. The van der Waals surface area contributed by atoms with Crippen molar-refractivity contribution in [1.29, 1.82) is 0 Å². The largest absolute Gasteiger partial charge is 0.494 e. The van der Waals surface area contributed by atoms with Gasteiger partial charge in [-0.25, -0.2) is 4.68 Å². The Bertz CT molecular complexity index is 1510. The lowest BCUT2D eigenvalue weighted by Crippen LogP contribution is -2.36. The fourth-order valence-corrected chi connectivity index (χ4v) is 4.24. The predicted octanol–water partition coefficient (Wildman–Crippen LogP) is 6.44. The highest BCUT2D eigenvalue weighted by Gasteiger charge is 2.22. The van der Waals surface area contributed by atoms with Crippen LogP contribution in [0.25, 0.3) is 10.9 Å². The minimum atomic E-state index is -0.942. The first-order valence-corrected chi connectivity index (χ1v) is 13.2. The van der Waals surface area contributed by atoms with Gasteiger partial charge in [0, 0.05) is 21.8 Å². The number of carbonyl (C=O) groups is 3. The number of unbranched alkanes of at least 4 members (excludes halogenated alkanes) is 2. The highest BCUT2D eigenvalue weighted by molar-refractivity contribution is 6.42. The van der Waals surface area contributed by atoms with Gasteiger partial charge in [-0.15, -0.1) is 0 Å². The normalized spacial score (nSPS) is 10.8. The number of benzene rings is 3. The maximum Gasteiger partial charge on any atom is 0.328 e. The van der Waals surface area contributed by atoms with Crippen molar-refractivity contribution in [2.24, 2.45) is 0 Å². The van der Waals surface area contributed by atoms with E-state index in [9.17, 15) is 14.4 Å².